The minimum absolute atomic E-state index is 0.236. The molecule has 0 saturated carbocycles. The van der Waals surface area contributed by atoms with Crippen molar-refractivity contribution >= 4 is 22.8 Å². The van der Waals surface area contributed by atoms with Gasteiger partial charge in [-0.25, -0.2) is 0 Å². The number of hydrogen-bond donors (Lipinski definition) is 0. The molecule has 2 aromatic carbocycles. The van der Waals surface area contributed by atoms with E-state index in [4.69, 9.17) is 4.74 Å². The zero-order chi connectivity index (χ0) is 19.1. The molecule has 0 spiro atoms. The maximum atomic E-state index is 11.4. The molecule has 0 saturated heterocycles. The summed E-state index contributed by atoms with van der Waals surface area (Å²) in [6.07, 6.45) is 15.8. The highest BCUT2D eigenvalue weighted by Gasteiger charge is 2.21. The SMILES string of the molecule is CCCCCCCCCCc1ccc2cccc3c2c1C=CC3OC(C)=O. The van der Waals surface area contributed by atoms with Crippen LogP contribution in [0, 0.1) is 0 Å². The maximum absolute atomic E-state index is 11.4. The van der Waals surface area contributed by atoms with Gasteiger partial charge in [0.1, 0.15) is 6.10 Å². The molecule has 0 fully saturated rings. The molecule has 2 heteroatoms. The summed E-state index contributed by atoms with van der Waals surface area (Å²) in [5.74, 6) is -0.236. The number of benzene rings is 2. The average molecular weight is 365 g/mol. The van der Waals surface area contributed by atoms with Gasteiger partial charge in [-0.3, -0.25) is 4.79 Å². The molecule has 0 radical (unpaired) electrons. The highest BCUT2D eigenvalue weighted by Crippen LogP contribution is 2.37. The molecule has 0 bridgehead atoms. The standard InChI is InChI=1S/C25H32O2/c1-3-4-5-6-7-8-9-10-12-20-15-16-21-13-11-14-23-24(27-19(2)26)18-17-22(20)25(21)23/h11,13-18,24H,3-10,12H2,1-2H3. The van der Waals surface area contributed by atoms with Crippen molar-refractivity contribution in [2.75, 3.05) is 0 Å². The van der Waals surface area contributed by atoms with Crippen LogP contribution in [-0.2, 0) is 16.0 Å². The van der Waals surface area contributed by atoms with Crippen LogP contribution in [0.15, 0.2) is 36.4 Å². The Labute approximate surface area is 163 Å². The fraction of sp³-hybridized carbons (Fsp3) is 0.480. The van der Waals surface area contributed by atoms with E-state index in [-0.39, 0.29) is 12.1 Å². The molecule has 2 nitrogen and oxygen atoms in total. The highest BCUT2D eigenvalue weighted by atomic mass is 16.5. The first-order chi connectivity index (χ1) is 13.2. The molecule has 2 aromatic rings. The Morgan fingerprint density at radius 3 is 2.44 bits per heavy atom. The van der Waals surface area contributed by atoms with E-state index in [1.165, 1.54) is 80.2 Å². The molecule has 1 atom stereocenters. The molecular weight excluding hydrogens is 332 g/mol. The molecule has 3 rings (SSSR count). The van der Waals surface area contributed by atoms with Crippen LogP contribution >= 0.6 is 0 Å². The Morgan fingerprint density at radius 1 is 0.963 bits per heavy atom. The summed E-state index contributed by atoms with van der Waals surface area (Å²) in [5.41, 5.74) is 3.84. The van der Waals surface area contributed by atoms with E-state index in [9.17, 15) is 4.79 Å². The summed E-state index contributed by atoms with van der Waals surface area (Å²) in [7, 11) is 0. The fourth-order valence-corrected chi connectivity index (χ4v) is 4.14. The molecular formula is C25H32O2. The van der Waals surface area contributed by atoms with Crippen LogP contribution in [0.5, 0.6) is 0 Å². The van der Waals surface area contributed by atoms with Crippen molar-refractivity contribution in [1.29, 1.82) is 0 Å². The van der Waals surface area contributed by atoms with Gasteiger partial charge < -0.3 is 4.74 Å². The van der Waals surface area contributed by atoms with Gasteiger partial charge in [0.25, 0.3) is 0 Å². The fourth-order valence-electron chi connectivity index (χ4n) is 4.14. The first-order valence-corrected chi connectivity index (χ1v) is 10.6. The number of aryl methyl sites for hydroxylation is 1. The van der Waals surface area contributed by atoms with E-state index in [1.807, 2.05) is 6.08 Å². The largest absolute Gasteiger partial charge is 0.453 e. The molecule has 1 aliphatic rings. The number of unbranched alkanes of at least 4 members (excludes halogenated alkanes) is 7. The van der Waals surface area contributed by atoms with Crippen LogP contribution < -0.4 is 0 Å². The number of esters is 1. The topological polar surface area (TPSA) is 26.3 Å². The zero-order valence-corrected chi connectivity index (χ0v) is 16.8. The first kappa shape index (κ1) is 19.7. The van der Waals surface area contributed by atoms with Crippen LogP contribution in [0.3, 0.4) is 0 Å². The van der Waals surface area contributed by atoms with Crippen LogP contribution in [0.4, 0.5) is 0 Å². The van der Waals surface area contributed by atoms with Crippen molar-refractivity contribution in [2.24, 2.45) is 0 Å². The van der Waals surface area contributed by atoms with Crippen molar-refractivity contribution in [3.63, 3.8) is 0 Å². The summed E-state index contributed by atoms with van der Waals surface area (Å²) in [4.78, 5) is 11.4. The van der Waals surface area contributed by atoms with E-state index >= 15 is 0 Å². The van der Waals surface area contributed by atoms with Crippen LogP contribution in [0.25, 0.3) is 16.8 Å². The zero-order valence-electron chi connectivity index (χ0n) is 16.8. The maximum Gasteiger partial charge on any atom is 0.303 e. The Morgan fingerprint density at radius 2 is 1.70 bits per heavy atom. The lowest BCUT2D eigenvalue weighted by atomic mass is 9.87. The molecule has 1 unspecified atom stereocenters. The predicted molar refractivity (Wildman–Crippen MR) is 114 cm³/mol. The molecule has 0 aromatic heterocycles. The Bertz CT molecular complexity index is 803. The van der Waals surface area contributed by atoms with Gasteiger partial charge in [0.2, 0.25) is 0 Å². The second-order valence-corrected chi connectivity index (χ2v) is 7.70. The third-order valence-corrected chi connectivity index (χ3v) is 5.55. The van der Waals surface area contributed by atoms with Crippen molar-refractivity contribution < 1.29 is 9.53 Å². The Kier molecular flexibility index (Phi) is 7.09. The number of hydrogen-bond acceptors (Lipinski definition) is 2. The van der Waals surface area contributed by atoms with Crippen LogP contribution in [0.2, 0.25) is 0 Å². The lowest BCUT2D eigenvalue weighted by Crippen LogP contribution is -2.10. The third-order valence-electron chi connectivity index (χ3n) is 5.55. The summed E-state index contributed by atoms with van der Waals surface area (Å²) in [6.45, 7) is 3.74. The van der Waals surface area contributed by atoms with Gasteiger partial charge in [0.05, 0.1) is 0 Å². The Balaban J connectivity index is 1.66. The van der Waals surface area contributed by atoms with Crippen molar-refractivity contribution in [3.8, 4) is 0 Å². The molecule has 144 valence electrons. The smallest absolute Gasteiger partial charge is 0.303 e. The monoisotopic (exact) mass is 364 g/mol. The molecule has 0 N–H and O–H groups in total. The van der Waals surface area contributed by atoms with Gasteiger partial charge in [-0.05, 0) is 40.8 Å². The van der Waals surface area contributed by atoms with E-state index in [2.05, 4.69) is 43.3 Å². The van der Waals surface area contributed by atoms with E-state index < -0.39 is 0 Å². The second-order valence-electron chi connectivity index (χ2n) is 7.70. The van der Waals surface area contributed by atoms with Crippen LogP contribution in [-0.4, -0.2) is 5.97 Å². The van der Waals surface area contributed by atoms with Gasteiger partial charge in [0, 0.05) is 12.5 Å². The third kappa shape index (κ3) is 5.00. The minimum atomic E-state index is -0.267. The van der Waals surface area contributed by atoms with Crippen molar-refractivity contribution in [1.82, 2.24) is 0 Å². The molecule has 0 amide bonds. The molecule has 0 heterocycles. The number of carbonyl (C=O) groups excluding carboxylic acids is 1. The summed E-state index contributed by atoms with van der Waals surface area (Å²) in [5, 5.41) is 2.48. The van der Waals surface area contributed by atoms with Gasteiger partial charge in [0.15, 0.2) is 0 Å². The summed E-state index contributed by atoms with van der Waals surface area (Å²) >= 11 is 0. The molecule has 0 aliphatic heterocycles. The average Bonchev–Trinajstić information content (AvgIpc) is 2.67. The Hall–Kier alpha value is -2.09. The number of rotatable bonds is 10. The number of carbonyl (C=O) groups is 1. The van der Waals surface area contributed by atoms with Crippen LogP contribution in [0.1, 0.15) is 88.0 Å². The lowest BCUT2D eigenvalue weighted by molar-refractivity contribution is -0.144. The van der Waals surface area contributed by atoms with Crippen molar-refractivity contribution in [2.45, 2.75) is 77.7 Å². The highest BCUT2D eigenvalue weighted by molar-refractivity contribution is 5.96. The van der Waals surface area contributed by atoms with E-state index in [0.29, 0.717) is 0 Å². The van der Waals surface area contributed by atoms with Crippen molar-refractivity contribution in [3.05, 3.63) is 53.1 Å². The normalized spacial score (nSPS) is 15.3. The first-order valence-electron chi connectivity index (χ1n) is 10.6. The van der Waals surface area contributed by atoms with Gasteiger partial charge in [-0.2, -0.15) is 0 Å². The molecule has 27 heavy (non-hydrogen) atoms. The van der Waals surface area contributed by atoms with E-state index in [0.717, 1.165) is 12.0 Å². The lowest BCUT2D eigenvalue weighted by Gasteiger charge is -2.23. The van der Waals surface area contributed by atoms with Gasteiger partial charge in [-0.15, -0.1) is 0 Å². The van der Waals surface area contributed by atoms with E-state index in [1.54, 1.807) is 0 Å². The van der Waals surface area contributed by atoms with Gasteiger partial charge >= 0.3 is 5.97 Å². The number of ether oxygens (including phenoxy) is 1. The summed E-state index contributed by atoms with van der Waals surface area (Å²) in [6, 6.07) is 10.8. The predicted octanol–water partition coefficient (Wildman–Crippen LogP) is 7.15. The summed E-state index contributed by atoms with van der Waals surface area (Å²) < 4.78 is 5.51. The second kappa shape index (κ2) is 9.73. The quantitative estimate of drug-likeness (QED) is 0.330. The molecule has 1 aliphatic carbocycles. The van der Waals surface area contributed by atoms with Gasteiger partial charge in [-0.1, -0.05) is 88.3 Å². The minimum Gasteiger partial charge on any atom is -0.453 e.